The zero-order valence-electron chi connectivity index (χ0n) is 21.4. The van der Waals surface area contributed by atoms with Gasteiger partial charge in [-0.15, -0.1) is 0 Å². The number of benzene rings is 3. The van der Waals surface area contributed by atoms with Crippen LogP contribution in [-0.4, -0.2) is 39.0 Å². The maximum Gasteiger partial charge on any atom is 0.346 e. The Morgan fingerprint density at radius 3 is 2.36 bits per heavy atom. The highest BCUT2D eigenvalue weighted by atomic mass is 16.2. The minimum absolute atomic E-state index is 0.274. The van der Waals surface area contributed by atoms with E-state index in [0.717, 1.165) is 77.4 Å². The fourth-order valence-electron chi connectivity index (χ4n) is 5.61. The molecule has 1 saturated heterocycles. The summed E-state index contributed by atoms with van der Waals surface area (Å²) in [4.78, 5) is 28.2. The lowest BCUT2D eigenvalue weighted by molar-refractivity contribution is 0.204. The van der Waals surface area contributed by atoms with E-state index in [2.05, 4.69) is 69.0 Å². The molecule has 4 heterocycles. The van der Waals surface area contributed by atoms with E-state index in [-0.39, 0.29) is 6.03 Å². The molecule has 0 unspecified atom stereocenters. The molecule has 7 nitrogen and oxygen atoms in total. The van der Waals surface area contributed by atoms with Crippen LogP contribution in [0, 0.1) is 0 Å². The number of urea groups is 1. The molecule has 2 aliphatic rings. The topological polar surface area (TPSA) is 85.1 Å². The van der Waals surface area contributed by atoms with Crippen molar-refractivity contribution >= 4 is 28.4 Å². The Kier molecular flexibility index (Phi) is 5.98. The van der Waals surface area contributed by atoms with Crippen molar-refractivity contribution in [3.63, 3.8) is 0 Å². The number of aromatic nitrogens is 3. The lowest BCUT2D eigenvalue weighted by Crippen LogP contribution is -2.32. The van der Waals surface area contributed by atoms with Gasteiger partial charge in [-0.3, -0.25) is 9.88 Å². The van der Waals surface area contributed by atoms with Gasteiger partial charge in [0.25, 0.3) is 0 Å². The van der Waals surface area contributed by atoms with Gasteiger partial charge < -0.3 is 5.32 Å². The van der Waals surface area contributed by atoms with E-state index in [1.54, 1.807) is 12.4 Å². The third kappa shape index (κ3) is 4.73. The van der Waals surface area contributed by atoms with Gasteiger partial charge in [-0.2, -0.15) is 5.32 Å². The lowest BCUT2D eigenvalue weighted by atomic mass is 9.89. The van der Waals surface area contributed by atoms with Crippen LogP contribution < -0.4 is 10.6 Å². The average molecular weight is 512 g/mol. The van der Waals surface area contributed by atoms with Gasteiger partial charge in [0.05, 0.1) is 34.5 Å². The first-order valence-corrected chi connectivity index (χ1v) is 13.4. The minimum Gasteiger partial charge on any atom is -0.304 e. The van der Waals surface area contributed by atoms with Crippen LogP contribution >= 0.6 is 0 Å². The molecule has 2 amide bonds. The summed E-state index contributed by atoms with van der Waals surface area (Å²) in [6, 6.07) is 26.8. The smallest absolute Gasteiger partial charge is 0.304 e. The fourth-order valence-corrected chi connectivity index (χ4v) is 5.61. The molecule has 0 spiro atoms. The third-order valence-corrected chi connectivity index (χ3v) is 7.69. The second kappa shape index (κ2) is 9.93. The van der Waals surface area contributed by atoms with Gasteiger partial charge in [0, 0.05) is 23.9 Å². The number of carbonyl (C=O) groups excluding carboxylic acids is 1. The summed E-state index contributed by atoms with van der Waals surface area (Å²) in [6.07, 6.45) is 5.72. The number of amides is 2. The van der Waals surface area contributed by atoms with Crippen molar-refractivity contribution in [1.29, 1.82) is 0 Å². The Morgan fingerprint density at radius 1 is 0.821 bits per heavy atom. The van der Waals surface area contributed by atoms with Crippen molar-refractivity contribution in [3.05, 3.63) is 102 Å². The lowest BCUT2D eigenvalue weighted by Gasteiger charge is -2.32. The molecule has 2 aliphatic heterocycles. The van der Waals surface area contributed by atoms with Crippen LogP contribution in [0.1, 0.15) is 29.9 Å². The first-order valence-electron chi connectivity index (χ1n) is 13.4. The largest absolute Gasteiger partial charge is 0.346 e. The standard InChI is InChI=1S/C32H27N6O/c39-32-36-26-11-10-25(18-28(26)37-32)22-13-16-38(17-14-22)20-21-6-8-24(9-7-21)31-30(23-4-2-1-3-5-23)34-27-12-15-33-19-29(27)35-31/h1-12,15,18-19,22H,13-14,16-17,20H2,(H,36,39). The first kappa shape index (κ1) is 23.5. The maximum atomic E-state index is 11.5. The summed E-state index contributed by atoms with van der Waals surface area (Å²) < 4.78 is 0. The van der Waals surface area contributed by atoms with Crippen molar-refractivity contribution in [1.82, 2.24) is 25.2 Å². The first-order chi connectivity index (χ1) is 19.2. The van der Waals surface area contributed by atoms with E-state index in [1.165, 1.54) is 11.1 Å². The van der Waals surface area contributed by atoms with Crippen molar-refractivity contribution < 1.29 is 4.79 Å². The van der Waals surface area contributed by atoms with E-state index in [0.29, 0.717) is 5.92 Å². The molecule has 7 heteroatoms. The zero-order valence-corrected chi connectivity index (χ0v) is 21.4. The number of hydrogen-bond acceptors (Lipinski definition) is 5. The molecule has 0 atom stereocenters. The Labute approximate surface area is 227 Å². The van der Waals surface area contributed by atoms with Crippen LogP contribution in [0.5, 0.6) is 0 Å². The van der Waals surface area contributed by atoms with Crippen LogP contribution in [0.15, 0.2) is 91.3 Å². The summed E-state index contributed by atoms with van der Waals surface area (Å²) >= 11 is 0. The van der Waals surface area contributed by atoms with Crippen LogP contribution in [0.3, 0.4) is 0 Å². The number of nitrogens with one attached hydrogen (secondary N) is 1. The maximum absolute atomic E-state index is 11.5. The van der Waals surface area contributed by atoms with Gasteiger partial charge in [0.1, 0.15) is 5.52 Å². The van der Waals surface area contributed by atoms with Gasteiger partial charge in [0.15, 0.2) is 0 Å². The number of anilines is 1. The van der Waals surface area contributed by atoms with Gasteiger partial charge in [-0.05, 0) is 61.2 Å². The van der Waals surface area contributed by atoms with E-state index >= 15 is 0 Å². The number of pyridine rings is 1. The van der Waals surface area contributed by atoms with E-state index < -0.39 is 0 Å². The van der Waals surface area contributed by atoms with Crippen molar-refractivity contribution in [2.24, 2.45) is 0 Å². The SMILES string of the molecule is O=C1[N]c2cc(C3CCN(Cc4ccc(-c5nc6cnccc6nc5-c5ccccc5)cc4)CC3)ccc2N1. The van der Waals surface area contributed by atoms with Crippen LogP contribution in [0.4, 0.5) is 16.2 Å². The molecule has 0 aliphatic carbocycles. The highest BCUT2D eigenvalue weighted by Crippen LogP contribution is 2.35. The van der Waals surface area contributed by atoms with Gasteiger partial charge in [-0.25, -0.2) is 14.8 Å². The molecule has 0 saturated carbocycles. The average Bonchev–Trinajstić information content (AvgIpc) is 3.37. The number of fused-ring (bicyclic) bond motifs is 2. The second-order valence-electron chi connectivity index (χ2n) is 10.2. The van der Waals surface area contributed by atoms with Crippen LogP contribution in [-0.2, 0) is 6.54 Å². The molecule has 7 rings (SSSR count). The molecule has 1 radical (unpaired) electrons. The number of nitrogens with zero attached hydrogens (tertiary/aromatic N) is 5. The predicted molar refractivity (Wildman–Crippen MR) is 153 cm³/mol. The number of rotatable bonds is 5. The van der Waals surface area contributed by atoms with Crippen LogP contribution in [0.2, 0.25) is 0 Å². The molecule has 39 heavy (non-hydrogen) atoms. The van der Waals surface area contributed by atoms with Crippen molar-refractivity contribution in [3.8, 4) is 22.5 Å². The highest BCUT2D eigenvalue weighted by Gasteiger charge is 2.24. The second-order valence-corrected chi connectivity index (χ2v) is 10.2. The summed E-state index contributed by atoms with van der Waals surface area (Å²) in [5.41, 5.74) is 9.61. The van der Waals surface area contributed by atoms with Gasteiger partial charge in [0.2, 0.25) is 0 Å². The van der Waals surface area contributed by atoms with E-state index in [9.17, 15) is 4.79 Å². The summed E-state index contributed by atoms with van der Waals surface area (Å²) in [5, 5.41) is 6.84. The number of carbonyl (C=O) groups is 1. The summed E-state index contributed by atoms with van der Waals surface area (Å²) in [6.45, 7) is 3.00. The van der Waals surface area contributed by atoms with Crippen molar-refractivity contribution in [2.45, 2.75) is 25.3 Å². The van der Waals surface area contributed by atoms with Crippen molar-refractivity contribution in [2.75, 3.05) is 18.4 Å². The Morgan fingerprint density at radius 2 is 1.56 bits per heavy atom. The summed E-state index contributed by atoms with van der Waals surface area (Å²) in [5.74, 6) is 0.497. The monoisotopic (exact) mass is 511 g/mol. The summed E-state index contributed by atoms with van der Waals surface area (Å²) in [7, 11) is 0. The highest BCUT2D eigenvalue weighted by molar-refractivity contribution is 6.02. The Balaban J connectivity index is 1.06. The van der Waals surface area contributed by atoms with E-state index in [1.807, 2.05) is 30.3 Å². The molecular formula is C32H27N6O. The van der Waals surface area contributed by atoms with Crippen LogP contribution in [0.25, 0.3) is 33.5 Å². The van der Waals surface area contributed by atoms with E-state index in [4.69, 9.17) is 9.97 Å². The molecule has 3 aromatic carbocycles. The third-order valence-electron chi connectivity index (χ3n) is 7.69. The molecule has 1 fully saturated rings. The minimum atomic E-state index is -0.274. The molecule has 1 N–H and O–H groups in total. The molecule has 5 aromatic rings. The van der Waals surface area contributed by atoms with Gasteiger partial charge >= 0.3 is 6.03 Å². The predicted octanol–water partition coefficient (Wildman–Crippen LogP) is 6.52. The molecule has 2 aromatic heterocycles. The fraction of sp³-hybridized carbons (Fsp3) is 0.188. The molecule has 191 valence electrons. The Bertz CT molecular complexity index is 1660. The molecule has 0 bridgehead atoms. The number of hydrogen-bond donors (Lipinski definition) is 1. The number of likely N-dealkylation sites (tertiary alicyclic amines) is 1. The zero-order chi connectivity index (χ0) is 26.2. The quantitative estimate of drug-likeness (QED) is 0.290. The normalized spacial score (nSPS) is 15.6. The molecular weight excluding hydrogens is 484 g/mol. The Hall–Kier alpha value is -4.62. The number of piperidine rings is 1. The van der Waals surface area contributed by atoms with Gasteiger partial charge in [-0.1, -0.05) is 60.7 Å².